The highest BCUT2D eigenvalue weighted by atomic mass is 32.1. The molecule has 0 fully saturated rings. The van der Waals surface area contributed by atoms with Crippen molar-refractivity contribution in [2.24, 2.45) is 0 Å². The van der Waals surface area contributed by atoms with E-state index >= 15 is 0 Å². The SMILES string of the molecule is C[C@](S)(CS)Cn1c(=O)[nH]c2nccnc2c1=O. The maximum atomic E-state index is 12.1. The van der Waals surface area contributed by atoms with Crippen molar-refractivity contribution in [2.45, 2.75) is 18.2 Å². The second kappa shape index (κ2) is 4.77. The van der Waals surface area contributed by atoms with Gasteiger partial charge in [-0.2, -0.15) is 25.3 Å². The summed E-state index contributed by atoms with van der Waals surface area (Å²) < 4.78 is 0.510. The molecule has 0 spiro atoms. The van der Waals surface area contributed by atoms with Crippen molar-refractivity contribution in [3.05, 3.63) is 33.2 Å². The van der Waals surface area contributed by atoms with E-state index < -0.39 is 16.0 Å². The van der Waals surface area contributed by atoms with E-state index in [1.54, 1.807) is 6.92 Å². The molecule has 0 radical (unpaired) electrons. The Morgan fingerprint density at radius 3 is 2.72 bits per heavy atom. The molecule has 6 nitrogen and oxygen atoms in total. The Bertz CT molecular complexity index is 692. The first-order valence-corrected chi connectivity index (χ1v) is 6.30. The summed E-state index contributed by atoms with van der Waals surface area (Å²) in [6.07, 6.45) is 2.82. The highest BCUT2D eigenvalue weighted by Crippen LogP contribution is 2.16. The predicted molar refractivity (Wildman–Crippen MR) is 75.7 cm³/mol. The van der Waals surface area contributed by atoms with E-state index in [0.717, 1.165) is 4.57 Å². The van der Waals surface area contributed by atoms with Gasteiger partial charge >= 0.3 is 5.69 Å². The first-order valence-electron chi connectivity index (χ1n) is 5.22. The molecular weight excluding hydrogens is 272 g/mol. The highest BCUT2D eigenvalue weighted by Gasteiger charge is 2.21. The molecule has 96 valence electrons. The van der Waals surface area contributed by atoms with Crippen LogP contribution in [0.5, 0.6) is 0 Å². The molecule has 18 heavy (non-hydrogen) atoms. The van der Waals surface area contributed by atoms with Crippen LogP contribution >= 0.6 is 25.3 Å². The van der Waals surface area contributed by atoms with Gasteiger partial charge in [-0.3, -0.25) is 14.3 Å². The molecular formula is C10H12N4O2S2. The minimum absolute atomic E-state index is 0.139. The molecule has 0 unspecified atom stereocenters. The fourth-order valence-corrected chi connectivity index (χ4v) is 1.75. The van der Waals surface area contributed by atoms with E-state index in [9.17, 15) is 9.59 Å². The Kier molecular flexibility index (Phi) is 3.49. The maximum Gasteiger partial charge on any atom is 0.330 e. The van der Waals surface area contributed by atoms with Crippen molar-refractivity contribution < 1.29 is 0 Å². The van der Waals surface area contributed by atoms with E-state index in [4.69, 9.17) is 0 Å². The van der Waals surface area contributed by atoms with Gasteiger partial charge in [0.15, 0.2) is 11.2 Å². The van der Waals surface area contributed by atoms with Gasteiger partial charge in [-0.25, -0.2) is 14.8 Å². The molecule has 0 saturated heterocycles. The molecule has 2 aromatic heterocycles. The van der Waals surface area contributed by atoms with Crippen molar-refractivity contribution >= 4 is 36.4 Å². The van der Waals surface area contributed by atoms with Gasteiger partial charge in [0.25, 0.3) is 5.56 Å². The van der Waals surface area contributed by atoms with Gasteiger partial charge in [0, 0.05) is 29.4 Å². The van der Waals surface area contributed by atoms with Crippen LogP contribution in [0.25, 0.3) is 11.2 Å². The molecule has 0 bridgehead atoms. The quantitative estimate of drug-likeness (QED) is 0.698. The number of aromatic amines is 1. The summed E-state index contributed by atoms with van der Waals surface area (Å²) in [6, 6.07) is 0. The van der Waals surface area contributed by atoms with Crippen LogP contribution in [-0.2, 0) is 6.54 Å². The third kappa shape index (κ3) is 2.44. The monoisotopic (exact) mass is 284 g/mol. The molecule has 2 rings (SSSR count). The molecule has 2 aromatic rings. The van der Waals surface area contributed by atoms with Gasteiger partial charge in [-0.15, -0.1) is 0 Å². The average molecular weight is 284 g/mol. The number of hydrogen-bond donors (Lipinski definition) is 3. The van der Waals surface area contributed by atoms with Gasteiger partial charge < -0.3 is 0 Å². The number of aromatic nitrogens is 4. The second-order valence-electron chi connectivity index (χ2n) is 4.23. The van der Waals surface area contributed by atoms with Crippen molar-refractivity contribution in [2.75, 3.05) is 5.75 Å². The van der Waals surface area contributed by atoms with Crippen LogP contribution in [0.4, 0.5) is 0 Å². The minimum Gasteiger partial charge on any atom is -0.290 e. The fraction of sp³-hybridized carbons (Fsp3) is 0.400. The second-order valence-corrected chi connectivity index (χ2v) is 5.63. The largest absolute Gasteiger partial charge is 0.330 e. The Labute approximate surface area is 113 Å². The Hall–Kier alpha value is -1.28. The standard InChI is InChI=1S/C10H12N4O2S2/c1-10(18,5-17)4-14-8(15)6-7(13-9(14)16)12-3-2-11-6/h2-3,17-18H,4-5H2,1H3,(H,12,13,16)/t10-/m1/s1. The Morgan fingerprint density at radius 1 is 1.39 bits per heavy atom. The minimum atomic E-state index is -0.560. The zero-order valence-electron chi connectivity index (χ0n) is 9.62. The van der Waals surface area contributed by atoms with Crippen LogP contribution in [0, 0.1) is 0 Å². The number of fused-ring (bicyclic) bond motifs is 1. The number of H-pyrrole nitrogens is 1. The third-order valence-electron chi connectivity index (χ3n) is 2.46. The van der Waals surface area contributed by atoms with Crippen LogP contribution < -0.4 is 11.2 Å². The summed E-state index contributed by atoms with van der Waals surface area (Å²) >= 11 is 8.50. The summed E-state index contributed by atoms with van der Waals surface area (Å²) in [5.41, 5.74) is -0.658. The first kappa shape index (κ1) is 13.2. The lowest BCUT2D eigenvalue weighted by molar-refractivity contribution is 0.543. The van der Waals surface area contributed by atoms with Crippen molar-refractivity contribution in [3.8, 4) is 0 Å². The molecule has 8 heteroatoms. The lowest BCUT2D eigenvalue weighted by Crippen LogP contribution is -2.42. The van der Waals surface area contributed by atoms with Crippen molar-refractivity contribution in [1.82, 2.24) is 19.5 Å². The molecule has 1 N–H and O–H groups in total. The number of nitrogens with one attached hydrogen (secondary N) is 1. The van der Waals surface area contributed by atoms with Crippen LogP contribution in [0.1, 0.15) is 6.92 Å². The van der Waals surface area contributed by atoms with Crippen LogP contribution in [0.15, 0.2) is 22.0 Å². The smallest absolute Gasteiger partial charge is 0.290 e. The molecule has 0 aliphatic heterocycles. The van der Waals surface area contributed by atoms with Gasteiger partial charge in [0.1, 0.15) is 0 Å². The van der Waals surface area contributed by atoms with E-state index in [-0.39, 0.29) is 17.7 Å². The van der Waals surface area contributed by atoms with Crippen LogP contribution in [-0.4, -0.2) is 30.0 Å². The fourth-order valence-electron chi connectivity index (χ4n) is 1.51. The molecule has 0 aromatic carbocycles. The average Bonchev–Trinajstić information content (AvgIpc) is 2.34. The molecule has 0 saturated carbocycles. The molecule has 2 heterocycles. The van der Waals surface area contributed by atoms with Gasteiger partial charge in [0.2, 0.25) is 0 Å². The molecule has 0 aliphatic rings. The topological polar surface area (TPSA) is 80.6 Å². The highest BCUT2D eigenvalue weighted by molar-refractivity contribution is 7.85. The number of rotatable bonds is 3. The normalized spacial score (nSPS) is 14.6. The Balaban J connectivity index is 2.66. The first-order chi connectivity index (χ1) is 8.44. The van der Waals surface area contributed by atoms with Gasteiger partial charge in [-0.05, 0) is 6.92 Å². The number of nitrogens with zero attached hydrogens (tertiary/aromatic N) is 3. The van der Waals surface area contributed by atoms with Gasteiger partial charge in [0.05, 0.1) is 0 Å². The Morgan fingerprint density at radius 2 is 2.06 bits per heavy atom. The zero-order chi connectivity index (χ0) is 13.3. The maximum absolute atomic E-state index is 12.1. The van der Waals surface area contributed by atoms with E-state index in [1.807, 2.05) is 0 Å². The van der Waals surface area contributed by atoms with E-state index in [2.05, 4.69) is 40.2 Å². The van der Waals surface area contributed by atoms with Gasteiger partial charge in [-0.1, -0.05) is 0 Å². The zero-order valence-corrected chi connectivity index (χ0v) is 11.4. The van der Waals surface area contributed by atoms with E-state index in [1.165, 1.54) is 12.4 Å². The number of thiol groups is 2. The lowest BCUT2D eigenvalue weighted by atomic mass is 10.2. The molecule has 0 aliphatic carbocycles. The van der Waals surface area contributed by atoms with Crippen molar-refractivity contribution in [1.29, 1.82) is 0 Å². The summed E-state index contributed by atoms with van der Waals surface area (Å²) in [7, 11) is 0. The summed E-state index contributed by atoms with van der Waals surface area (Å²) in [6.45, 7) is 1.95. The van der Waals surface area contributed by atoms with Crippen LogP contribution in [0.3, 0.4) is 0 Å². The molecule has 1 atom stereocenters. The molecule has 0 amide bonds. The summed E-state index contributed by atoms with van der Waals surface area (Å²) in [5.74, 6) is 0.431. The third-order valence-corrected chi connectivity index (χ3v) is 3.70. The lowest BCUT2D eigenvalue weighted by Gasteiger charge is -2.21. The van der Waals surface area contributed by atoms with Crippen LogP contribution in [0.2, 0.25) is 0 Å². The predicted octanol–water partition coefficient (Wildman–Crippen LogP) is 0.0981. The number of hydrogen-bond acceptors (Lipinski definition) is 6. The summed E-state index contributed by atoms with van der Waals surface area (Å²) in [5, 5.41) is 0. The summed E-state index contributed by atoms with van der Waals surface area (Å²) in [4.78, 5) is 34.3. The van der Waals surface area contributed by atoms with Crippen molar-refractivity contribution in [3.63, 3.8) is 0 Å². The van der Waals surface area contributed by atoms with E-state index in [0.29, 0.717) is 5.75 Å².